The number of primary amides is 1. The van der Waals surface area contributed by atoms with Crippen molar-refractivity contribution in [1.82, 2.24) is 19.3 Å². The molecule has 0 saturated heterocycles. The van der Waals surface area contributed by atoms with Crippen LogP contribution in [0, 0.1) is 0 Å². The summed E-state index contributed by atoms with van der Waals surface area (Å²) in [6.45, 7) is 0. The summed E-state index contributed by atoms with van der Waals surface area (Å²) in [4.78, 5) is 15.4. The third-order valence-corrected chi connectivity index (χ3v) is 5.27. The summed E-state index contributed by atoms with van der Waals surface area (Å²) in [5, 5.41) is 4.63. The van der Waals surface area contributed by atoms with Crippen LogP contribution in [-0.2, 0) is 24.1 Å². The molecule has 3 rings (SSSR count). The van der Waals surface area contributed by atoms with E-state index >= 15 is 0 Å². The number of halogens is 1. The molecule has 0 unspecified atom stereocenters. The maximum absolute atomic E-state index is 12.6. The van der Waals surface area contributed by atoms with Crippen LogP contribution in [0.1, 0.15) is 10.5 Å². The summed E-state index contributed by atoms with van der Waals surface area (Å²) in [5.74, 6) is -0.445. The minimum Gasteiger partial charge on any atom is -0.364 e. The number of benzene rings is 1. The molecule has 3 aromatic rings. The number of aromatic nitrogens is 4. The Hall–Kier alpha value is -2.85. The first-order valence-electron chi connectivity index (χ1n) is 7.34. The van der Waals surface area contributed by atoms with E-state index in [-0.39, 0.29) is 22.4 Å². The topological polar surface area (TPSA) is 125 Å². The molecule has 0 fully saturated rings. The molecule has 136 valence electrons. The second-order valence-corrected chi connectivity index (χ2v) is 7.59. The van der Waals surface area contributed by atoms with Crippen LogP contribution in [0.15, 0.2) is 41.4 Å². The van der Waals surface area contributed by atoms with Crippen molar-refractivity contribution in [2.24, 2.45) is 19.8 Å². The van der Waals surface area contributed by atoms with Gasteiger partial charge in [-0.1, -0.05) is 23.7 Å². The lowest BCUT2D eigenvalue weighted by molar-refractivity contribution is 0.0992. The Balaban J connectivity index is 1.95. The highest BCUT2D eigenvalue weighted by molar-refractivity contribution is 7.92. The van der Waals surface area contributed by atoms with Crippen LogP contribution in [-0.4, -0.2) is 33.7 Å². The first-order chi connectivity index (χ1) is 12.2. The molecule has 0 aliphatic carbocycles. The lowest BCUT2D eigenvalue weighted by atomic mass is 10.2. The molecule has 2 aromatic heterocycles. The van der Waals surface area contributed by atoms with Crippen molar-refractivity contribution in [3.05, 3.63) is 47.2 Å². The third kappa shape index (κ3) is 3.28. The van der Waals surface area contributed by atoms with Crippen molar-refractivity contribution in [3.8, 4) is 11.4 Å². The van der Waals surface area contributed by atoms with Gasteiger partial charge in [-0.15, -0.1) is 5.10 Å². The number of sulfonamides is 1. The number of anilines is 1. The quantitative estimate of drug-likeness (QED) is 0.676. The molecular weight excluding hydrogens is 380 g/mol. The predicted molar refractivity (Wildman–Crippen MR) is 96.2 cm³/mol. The fraction of sp³-hybridized carbons (Fsp3) is 0.133. The van der Waals surface area contributed by atoms with E-state index in [1.807, 2.05) is 0 Å². The average Bonchev–Trinajstić information content (AvgIpc) is 3.11. The van der Waals surface area contributed by atoms with Gasteiger partial charge in [-0.05, 0) is 18.2 Å². The van der Waals surface area contributed by atoms with Gasteiger partial charge in [-0.2, -0.15) is 4.98 Å². The van der Waals surface area contributed by atoms with Crippen molar-refractivity contribution in [2.45, 2.75) is 4.90 Å². The Morgan fingerprint density at radius 1 is 1.27 bits per heavy atom. The Kier molecular flexibility index (Phi) is 4.46. The lowest BCUT2D eigenvalue weighted by Gasteiger charge is -2.04. The molecule has 0 spiro atoms. The monoisotopic (exact) mass is 394 g/mol. The van der Waals surface area contributed by atoms with Gasteiger partial charge in [0.15, 0.2) is 5.82 Å². The normalized spacial score (nSPS) is 11.5. The summed E-state index contributed by atoms with van der Waals surface area (Å²) < 4.78 is 30.1. The number of hydrogen-bond acceptors (Lipinski definition) is 5. The van der Waals surface area contributed by atoms with E-state index in [0.717, 1.165) is 0 Å². The van der Waals surface area contributed by atoms with Crippen LogP contribution in [0.5, 0.6) is 0 Å². The molecule has 0 saturated carbocycles. The van der Waals surface area contributed by atoms with Gasteiger partial charge in [0.05, 0.1) is 5.02 Å². The van der Waals surface area contributed by atoms with Crippen LogP contribution in [0.3, 0.4) is 0 Å². The lowest BCUT2D eigenvalue weighted by Crippen LogP contribution is -2.16. The smallest absolute Gasteiger partial charge is 0.265 e. The van der Waals surface area contributed by atoms with E-state index < -0.39 is 15.9 Å². The third-order valence-electron chi connectivity index (χ3n) is 3.65. The van der Waals surface area contributed by atoms with Crippen LogP contribution in [0.4, 0.5) is 5.95 Å². The number of nitrogens with zero attached hydrogens (tertiary/aromatic N) is 4. The van der Waals surface area contributed by atoms with Crippen molar-refractivity contribution in [1.29, 1.82) is 0 Å². The standard InChI is InChI=1S/C15H15ClN6O3S/c1-21-8-9(7-12(21)13(17)23)26(24,25)20-15-18-14(19-22(15)2)10-5-3-4-6-11(10)16/h3-8H,1-2H3,(H2,17,23)(H,18,19,20). The highest BCUT2D eigenvalue weighted by atomic mass is 35.5. The second-order valence-electron chi connectivity index (χ2n) is 5.50. The van der Waals surface area contributed by atoms with Crippen LogP contribution in [0.25, 0.3) is 11.4 Å². The molecule has 3 N–H and O–H groups in total. The zero-order valence-electron chi connectivity index (χ0n) is 13.8. The van der Waals surface area contributed by atoms with Crippen molar-refractivity contribution >= 4 is 33.5 Å². The maximum atomic E-state index is 12.6. The van der Waals surface area contributed by atoms with Gasteiger partial charge in [0.2, 0.25) is 5.95 Å². The molecule has 0 aliphatic rings. The van der Waals surface area contributed by atoms with Crippen molar-refractivity contribution < 1.29 is 13.2 Å². The van der Waals surface area contributed by atoms with Gasteiger partial charge >= 0.3 is 0 Å². The van der Waals surface area contributed by atoms with E-state index in [2.05, 4.69) is 14.8 Å². The molecule has 1 amide bonds. The SMILES string of the molecule is Cn1cc(S(=O)(=O)Nc2nc(-c3ccccc3Cl)nn2C)cc1C(N)=O. The van der Waals surface area contributed by atoms with Gasteiger partial charge in [0.25, 0.3) is 15.9 Å². The summed E-state index contributed by atoms with van der Waals surface area (Å²) in [6, 6.07) is 8.15. The van der Waals surface area contributed by atoms with E-state index in [9.17, 15) is 13.2 Å². The van der Waals surface area contributed by atoms with E-state index in [0.29, 0.717) is 10.6 Å². The van der Waals surface area contributed by atoms with E-state index in [1.54, 1.807) is 31.3 Å². The summed E-state index contributed by atoms with van der Waals surface area (Å²) in [5.41, 5.74) is 5.86. The Morgan fingerprint density at radius 3 is 2.58 bits per heavy atom. The zero-order valence-corrected chi connectivity index (χ0v) is 15.4. The number of carbonyl (C=O) groups is 1. The number of hydrogen-bond donors (Lipinski definition) is 2. The van der Waals surface area contributed by atoms with E-state index in [4.69, 9.17) is 17.3 Å². The van der Waals surface area contributed by atoms with Gasteiger partial charge in [-0.25, -0.2) is 17.8 Å². The van der Waals surface area contributed by atoms with Crippen LogP contribution in [0.2, 0.25) is 5.02 Å². The highest BCUT2D eigenvalue weighted by Gasteiger charge is 2.22. The molecule has 0 atom stereocenters. The van der Waals surface area contributed by atoms with Gasteiger partial charge in [0.1, 0.15) is 10.6 Å². The summed E-state index contributed by atoms with van der Waals surface area (Å²) in [6.07, 6.45) is 1.29. The Morgan fingerprint density at radius 2 is 1.96 bits per heavy atom. The molecular formula is C15H15ClN6O3S. The Bertz CT molecular complexity index is 1100. The molecule has 0 radical (unpaired) electrons. The first-order valence-corrected chi connectivity index (χ1v) is 9.20. The fourth-order valence-corrected chi connectivity index (χ4v) is 3.66. The molecule has 0 bridgehead atoms. The largest absolute Gasteiger partial charge is 0.364 e. The zero-order chi connectivity index (χ0) is 19.1. The van der Waals surface area contributed by atoms with Crippen LogP contribution >= 0.6 is 11.6 Å². The molecule has 11 heteroatoms. The number of aryl methyl sites for hydroxylation is 2. The van der Waals surface area contributed by atoms with Gasteiger partial charge in [0, 0.05) is 25.9 Å². The minimum absolute atomic E-state index is 0.00407. The molecule has 1 aromatic carbocycles. The van der Waals surface area contributed by atoms with Gasteiger partial charge in [-0.3, -0.25) is 4.79 Å². The Labute approximate surface area is 154 Å². The number of amides is 1. The average molecular weight is 395 g/mol. The number of carbonyl (C=O) groups excluding carboxylic acids is 1. The van der Waals surface area contributed by atoms with Crippen LogP contribution < -0.4 is 10.5 Å². The van der Waals surface area contributed by atoms with E-state index in [1.165, 1.54) is 28.6 Å². The number of rotatable bonds is 5. The summed E-state index contributed by atoms with van der Waals surface area (Å²) >= 11 is 6.12. The molecule has 0 aliphatic heterocycles. The molecule has 9 nitrogen and oxygen atoms in total. The maximum Gasteiger partial charge on any atom is 0.265 e. The molecule has 2 heterocycles. The number of nitrogens with one attached hydrogen (secondary N) is 1. The second kappa shape index (κ2) is 6.46. The molecule has 26 heavy (non-hydrogen) atoms. The number of nitrogens with two attached hydrogens (primary N) is 1. The highest BCUT2D eigenvalue weighted by Crippen LogP contribution is 2.26. The van der Waals surface area contributed by atoms with Crippen molar-refractivity contribution in [3.63, 3.8) is 0 Å². The van der Waals surface area contributed by atoms with Gasteiger partial charge < -0.3 is 10.3 Å². The predicted octanol–water partition coefficient (Wildman–Crippen LogP) is 1.37. The fourth-order valence-electron chi connectivity index (χ4n) is 2.34. The first kappa shape index (κ1) is 18.0. The summed E-state index contributed by atoms with van der Waals surface area (Å²) in [7, 11) is -0.914. The van der Waals surface area contributed by atoms with Crippen molar-refractivity contribution in [2.75, 3.05) is 4.72 Å². The minimum atomic E-state index is -3.98.